The SMILES string of the molecule is Cc1ncc2c(n1)CCN(CCN1CCC(c3noc4ccccc34)CC1)C2=O. The van der Waals surface area contributed by atoms with Crippen molar-refractivity contribution in [3.8, 4) is 0 Å². The molecule has 0 atom stereocenters. The molecule has 3 aromatic rings. The Balaban J connectivity index is 1.17. The van der Waals surface area contributed by atoms with Crippen LogP contribution in [0.4, 0.5) is 0 Å². The van der Waals surface area contributed by atoms with Gasteiger partial charge in [0.05, 0.1) is 17.0 Å². The maximum Gasteiger partial charge on any atom is 0.257 e. The van der Waals surface area contributed by atoms with Gasteiger partial charge in [-0.25, -0.2) is 9.97 Å². The molecule has 7 nitrogen and oxygen atoms in total. The first-order chi connectivity index (χ1) is 14.2. The number of nitrogens with zero attached hydrogens (tertiary/aromatic N) is 5. The summed E-state index contributed by atoms with van der Waals surface area (Å²) in [5.74, 6) is 1.24. The van der Waals surface area contributed by atoms with Crippen LogP contribution in [0.25, 0.3) is 11.0 Å². The van der Waals surface area contributed by atoms with Crippen LogP contribution in [0, 0.1) is 6.92 Å². The number of para-hydroxylation sites is 1. The van der Waals surface area contributed by atoms with E-state index in [9.17, 15) is 4.79 Å². The molecule has 0 N–H and O–H groups in total. The van der Waals surface area contributed by atoms with E-state index in [4.69, 9.17) is 4.52 Å². The minimum Gasteiger partial charge on any atom is -0.356 e. The monoisotopic (exact) mass is 391 g/mol. The Bertz CT molecular complexity index is 1040. The first-order valence-corrected chi connectivity index (χ1v) is 10.4. The molecule has 0 aliphatic carbocycles. The number of hydrogen-bond donors (Lipinski definition) is 0. The van der Waals surface area contributed by atoms with Crippen LogP contribution < -0.4 is 0 Å². The molecule has 1 aromatic carbocycles. The number of benzene rings is 1. The lowest BCUT2D eigenvalue weighted by molar-refractivity contribution is 0.0707. The fraction of sp³-hybridized carbons (Fsp3) is 0.455. The maximum absolute atomic E-state index is 12.7. The number of hydrogen-bond acceptors (Lipinski definition) is 6. The van der Waals surface area contributed by atoms with Gasteiger partial charge in [-0.1, -0.05) is 17.3 Å². The summed E-state index contributed by atoms with van der Waals surface area (Å²) >= 11 is 0. The molecule has 29 heavy (non-hydrogen) atoms. The van der Waals surface area contributed by atoms with Crippen molar-refractivity contribution in [2.24, 2.45) is 0 Å². The molecule has 2 aliphatic heterocycles. The fourth-order valence-corrected chi connectivity index (χ4v) is 4.50. The van der Waals surface area contributed by atoms with Crippen molar-refractivity contribution in [1.29, 1.82) is 0 Å². The van der Waals surface area contributed by atoms with E-state index in [0.717, 1.165) is 80.2 Å². The number of amides is 1. The Hall–Kier alpha value is -2.80. The van der Waals surface area contributed by atoms with Crippen molar-refractivity contribution in [1.82, 2.24) is 24.9 Å². The van der Waals surface area contributed by atoms with Crippen LogP contribution in [0.3, 0.4) is 0 Å². The summed E-state index contributed by atoms with van der Waals surface area (Å²) < 4.78 is 5.49. The third-order valence-corrected chi connectivity index (χ3v) is 6.19. The highest BCUT2D eigenvalue weighted by Crippen LogP contribution is 2.32. The summed E-state index contributed by atoms with van der Waals surface area (Å²) in [5, 5.41) is 5.48. The highest BCUT2D eigenvalue weighted by Gasteiger charge is 2.28. The van der Waals surface area contributed by atoms with Crippen LogP contribution >= 0.6 is 0 Å². The van der Waals surface area contributed by atoms with E-state index in [1.54, 1.807) is 6.20 Å². The molecule has 0 spiro atoms. The second-order valence-corrected chi connectivity index (χ2v) is 8.00. The summed E-state index contributed by atoms with van der Waals surface area (Å²) in [6.45, 7) is 6.30. The van der Waals surface area contributed by atoms with E-state index in [1.807, 2.05) is 30.0 Å². The van der Waals surface area contributed by atoms with Gasteiger partial charge in [0.25, 0.3) is 5.91 Å². The molecule has 4 heterocycles. The third kappa shape index (κ3) is 3.51. The van der Waals surface area contributed by atoms with Crippen LogP contribution in [0.5, 0.6) is 0 Å². The highest BCUT2D eigenvalue weighted by atomic mass is 16.5. The molecule has 150 valence electrons. The van der Waals surface area contributed by atoms with E-state index in [0.29, 0.717) is 11.5 Å². The maximum atomic E-state index is 12.7. The van der Waals surface area contributed by atoms with Gasteiger partial charge in [0, 0.05) is 43.6 Å². The molecule has 1 fully saturated rings. The lowest BCUT2D eigenvalue weighted by atomic mass is 9.91. The van der Waals surface area contributed by atoms with Gasteiger partial charge in [0.15, 0.2) is 5.58 Å². The normalized spacial score (nSPS) is 18.4. The second-order valence-electron chi connectivity index (χ2n) is 8.00. The average molecular weight is 391 g/mol. The van der Waals surface area contributed by atoms with Gasteiger partial charge in [-0.3, -0.25) is 4.79 Å². The van der Waals surface area contributed by atoms with Gasteiger partial charge >= 0.3 is 0 Å². The number of aromatic nitrogens is 3. The number of carbonyl (C=O) groups is 1. The number of carbonyl (C=O) groups excluding carboxylic acids is 1. The minimum absolute atomic E-state index is 0.0650. The van der Waals surface area contributed by atoms with Crippen LogP contribution in [0.1, 0.15) is 46.3 Å². The third-order valence-electron chi connectivity index (χ3n) is 6.19. The Morgan fingerprint density at radius 1 is 1.14 bits per heavy atom. The molecular formula is C22H25N5O2. The van der Waals surface area contributed by atoms with E-state index in [-0.39, 0.29) is 5.91 Å². The van der Waals surface area contributed by atoms with E-state index in [1.165, 1.54) is 0 Å². The van der Waals surface area contributed by atoms with Crippen molar-refractivity contribution in [3.63, 3.8) is 0 Å². The van der Waals surface area contributed by atoms with Crippen LogP contribution in [0.2, 0.25) is 0 Å². The number of likely N-dealkylation sites (tertiary alicyclic amines) is 1. The molecule has 1 saturated heterocycles. The summed E-state index contributed by atoms with van der Waals surface area (Å²) in [5.41, 5.74) is 3.52. The van der Waals surface area contributed by atoms with Gasteiger partial charge in [0.2, 0.25) is 0 Å². The molecule has 7 heteroatoms. The van der Waals surface area contributed by atoms with Gasteiger partial charge < -0.3 is 14.3 Å². The molecule has 2 aliphatic rings. The lowest BCUT2D eigenvalue weighted by Crippen LogP contribution is -2.44. The Labute approximate surface area is 169 Å². The summed E-state index contributed by atoms with van der Waals surface area (Å²) in [4.78, 5) is 25.8. The molecule has 2 aromatic heterocycles. The second kappa shape index (κ2) is 7.55. The zero-order valence-corrected chi connectivity index (χ0v) is 16.7. The number of aryl methyl sites for hydroxylation is 1. The Kier molecular flexibility index (Phi) is 4.75. The van der Waals surface area contributed by atoms with Crippen LogP contribution in [0.15, 0.2) is 35.0 Å². The molecule has 5 rings (SSSR count). The first-order valence-electron chi connectivity index (χ1n) is 10.4. The summed E-state index contributed by atoms with van der Waals surface area (Å²) in [6.07, 6.45) is 4.63. The largest absolute Gasteiger partial charge is 0.356 e. The van der Waals surface area contributed by atoms with Crippen molar-refractivity contribution in [2.45, 2.75) is 32.1 Å². The van der Waals surface area contributed by atoms with Crippen molar-refractivity contribution >= 4 is 16.9 Å². The van der Waals surface area contributed by atoms with Crippen molar-refractivity contribution in [2.75, 3.05) is 32.7 Å². The quantitative estimate of drug-likeness (QED) is 0.681. The molecule has 1 amide bonds. The first kappa shape index (κ1) is 18.2. The topological polar surface area (TPSA) is 75.4 Å². The molecule has 0 bridgehead atoms. The van der Waals surface area contributed by atoms with Crippen molar-refractivity contribution in [3.05, 3.63) is 53.2 Å². The predicted octanol–water partition coefficient (Wildman–Crippen LogP) is 2.80. The standard InChI is InChI=1S/C22H25N5O2/c1-15-23-14-18-19(24-15)8-11-27(22(18)28)13-12-26-9-6-16(7-10-26)21-17-4-2-3-5-20(17)29-25-21/h2-5,14,16H,6-13H2,1H3. The zero-order valence-electron chi connectivity index (χ0n) is 16.7. The van der Waals surface area contributed by atoms with E-state index in [2.05, 4.69) is 26.1 Å². The lowest BCUT2D eigenvalue weighted by Gasteiger charge is -2.34. The van der Waals surface area contributed by atoms with Crippen LogP contribution in [-0.4, -0.2) is 63.6 Å². The van der Waals surface area contributed by atoms with Gasteiger partial charge in [-0.05, 0) is 45.0 Å². The van der Waals surface area contributed by atoms with Gasteiger partial charge in [-0.15, -0.1) is 0 Å². The van der Waals surface area contributed by atoms with E-state index < -0.39 is 0 Å². The molecule has 0 radical (unpaired) electrons. The fourth-order valence-electron chi connectivity index (χ4n) is 4.50. The zero-order chi connectivity index (χ0) is 19.8. The van der Waals surface area contributed by atoms with Crippen molar-refractivity contribution < 1.29 is 9.32 Å². The molecule has 0 saturated carbocycles. The summed E-state index contributed by atoms with van der Waals surface area (Å²) in [7, 11) is 0. The summed E-state index contributed by atoms with van der Waals surface area (Å²) in [6, 6.07) is 8.09. The van der Waals surface area contributed by atoms with Crippen LogP contribution in [-0.2, 0) is 6.42 Å². The molecular weight excluding hydrogens is 366 g/mol. The number of fused-ring (bicyclic) bond motifs is 2. The highest BCUT2D eigenvalue weighted by molar-refractivity contribution is 5.96. The number of rotatable bonds is 4. The molecule has 0 unspecified atom stereocenters. The van der Waals surface area contributed by atoms with Gasteiger partial charge in [0.1, 0.15) is 5.82 Å². The Morgan fingerprint density at radius 3 is 2.83 bits per heavy atom. The average Bonchev–Trinajstić information content (AvgIpc) is 3.18. The Morgan fingerprint density at radius 2 is 1.97 bits per heavy atom. The minimum atomic E-state index is 0.0650. The number of piperidine rings is 1. The predicted molar refractivity (Wildman–Crippen MR) is 109 cm³/mol. The van der Waals surface area contributed by atoms with Gasteiger partial charge in [-0.2, -0.15) is 0 Å². The van der Waals surface area contributed by atoms with E-state index >= 15 is 0 Å². The smallest absolute Gasteiger partial charge is 0.257 e.